The predicted octanol–water partition coefficient (Wildman–Crippen LogP) is 3.69. The van der Waals surface area contributed by atoms with E-state index in [2.05, 4.69) is 6.58 Å². The molecule has 0 aromatic heterocycles. The van der Waals surface area contributed by atoms with Gasteiger partial charge in [-0.25, -0.2) is 8.42 Å². The number of rotatable bonds is 5. The van der Waals surface area contributed by atoms with Crippen molar-refractivity contribution in [2.24, 2.45) is 0 Å². The third kappa shape index (κ3) is 3.14. The molecule has 0 amide bonds. The van der Waals surface area contributed by atoms with E-state index in [4.69, 9.17) is 0 Å². The van der Waals surface area contributed by atoms with Crippen molar-refractivity contribution in [1.29, 1.82) is 0 Å². The van der Waals surface area contributed by atoms with Crippen molar-refractivity contribution < 1.29 is 18.6 Å². The van der Waals surface area contributed by atoms with Gasteiger partial charge in [0.2, 0.25) is 9.84 Å². The SMILES string of the molecule is C=CCc1cccc(S(=O)(=O)c2cccc(C=CC)c2O)c1O. The highest BCUT2D eigenvalue weighted by Gasteiger charge is 2.26. The van der Waals surface area contributed by atoms with Crippen LogP contribution in [0.2, 0.25) is 0 Å². The Morgan fingerprint density at radius 3 is 2.26 bits per heavy atom. The van der Waals surface area contributed by atoms with Crippen molar-refractivity contribution in [2.45, 2.75) is 23.1 Å². The first-order valence-electron chi connectivity index (χ1n) is 7.05. The first-order valence-corrected chi connectivity index (χ1v) is 8.53. The van der Waals surface area contributed by atoms with Gasteiger partial charge in [0.15, 0.2) is 0 Å². The van der Waals surface area contributed by atoms with E-state index in [-0.39, 0.29) is 21.3 Å². The summed E-state index contributed by atoms with van der Waals surface area (Å²) >= 11 is 0. The molecule has 0 unspecified atom stereocenters. The minimum absolute atomic E-state index is 0.232. The van der Waals surface area contributed by atoms with Crippen LogP contribution in [0.3, 0.4) is 0 Å². The van der Waals surface area contributed by atoms with Crippen LogP contribution in [0.15, 0.2) is 64.9 Å². The number of para-hydroxylation sites is 2. The number of hydrogen-bond acceptors (Lipinski definition) is 4. The Morgan fingerprint density at radius 1 is 1.04 bits per heavy atom. The lowest BCUT2D eigenvalue weighted by Gasteiger charge is -2.12. The van der Waals surface area contributed by atoms with Crippen LogP contribution in [0.5, 0.6) is 11.5 Å². The maximum absolute atomic E-state index is 12.8. The zero-order chi connectivity index (χ0) is 17.0. The van der Waals surface area contributed by atoms with Gasteiger partial charge in [0.1, 0.15) is 21.3 Å². The van der Waals surface area contributed by atoms with Gasteiger partial charge in [-0.15, -0.1) is 6.58 Å². The Kier molecular flexibility index (Phi) is 4.91. The lowest BCUT2D eigenvalue weighted by Crippen LogP contribution is -2.04. The molecule has 0 spiro atoms. The molecule has 0 saturated carbocycles. The molecular weight excluding hydrogens is 312 g/mol. The van der Waals surface area contributed by atoms with E-state index in [0.717, 1.165) is 0 Å². The highest BCUT2D eigenvalue weighted by atomic mass is 32.2. The highest BCUT2D eigenvalue weighted by Crippen LogP contribution is 2.36. The van der Waals surface area contributed by atoms with Gasteiger partial charge in [-0.1, -0.05) is 42.5 Å². The molecule has 5 heteroatoms. The van der Waals surface area contributed by atoms with Crippen LogP contribution in [-0.4, -0.2) is 18.6 Å². The van der Waals surface area contributed by atoms with Gasteiger partial charge < -0.3 is 10.2 Å². The number of benzene rings is 2. The second kappa shape index (κ2) is 6.71. The van der Waals surface area contributed by atoms with Crippen LogP contribution in [0.4, 0.5) is 0 Å². The van der Waals surface area contributed by atoms with E-state index in [1.807, 2.05) is 0 Å². The van der Waals surface area contributed by atoms with Gasteiger partial charge >= 0.3 is 0 Å². The van der Waals surface area contributed by atoms with Gasteiger partial charge in [-0.3, -0.25) is 0 Å². The third-order valence-electron chi connectivity index (χ3n) is 3.40. The molecule has 0 heterocycles. The number of aromatic hydroxyl groups is 2. The molecule has 0 radical (unpaired) electrons. The van der Waals surface area contributed by atoms with Crippen LogP contribution < -0.4 is 0 Å². The molecule has 0 aliphatic rings. The van der Waals surface area contributed by atoms with E-state index < -0.39 is 9.84 Å². The predicted molar refractivity (Wildman–Crippen MR) is 90.3 cm³/mol. The van der Waals surface area contributed by atoms with Crippen molar-refractivity contribution in [3.05, 3.63) is 66.3 Å². The Morgan fingerprint density at radius 2 is 1.65 bits per heavy atom. The molecule has 0 aliphatic heterocycles. The molecule has 0 bridgehead atoms. The Balaban J connectivity index is 2.67. The molecule has 2 N–H and O–H groups in total. The smallest absolute Gasteiger partial charge is 0.213 e. The zero-order valence-corrected chi connectivity index (χ0v) is 13.5. The van der Waals surface area contributed by atoms with Gasteiger partial charge in [0, 0.05) is 5.56 Å². The van der Waals surface area contributed by atoms with Crippen LogP contribution >= 0.6 is 0 Å². The third-order valence-corrected chi connectivity index (χ3v) is 5.22. The number of sulfone groups is 1. The summed E-state index contributed by atoms with van der Waals surface area (Å²) in [5.74, 6) is -0.651. The molecule has 0 atom stereocenters. The number of phenols is 2. The summed E-state index contributed by atoms with van der Waals surface area (Å²) < 4.78 is 25.6. The molecule has 2 aromatic rings. The largest absolute Gasteiger partial charge is 0.506 e. The van der Waals surface area contributed by atoms with E-state index in [0.29, 0.717) is 17.5 Å². The molecule has 0 saturated heterocycles. The summed E-state index contributed by atoms with van der Waals surface area (Å²) in [6.07, 6.45) is 5.24. The van der Waals surface area contributed by atoms with Crippen LogP contribution in [0, 0.1) is 0 Å². The van der Waals surface area contributed by atoms with Crippen molar-refractivity contribution in [2.75, 3.05) is 0 Å². The second-order valence-electron chi connectivity index (χ2n) is 4.95. The fourth-order valence-electron chi connectivity index (χ4n) is 2.29. The fourth-order valence-corrected chi connectivity index (χ4v) is 3.80. The lowest BCUT2D eigenvalue weighted by atomic mass is 10.1. The quantitative estimate of drug-likeness (QED) is 0.820. The van der Waals surface area contributed by atoms with E-state index >= 15 is 0 Å². The van der Waals surface area contributed by atoms with Crippen molar-refractivity contribution in [1.82, 2.24) is 0 Å². The molecule has 4 nitrogen and oxygen atoms in total. The lowest BCUT2D eigenvalue weighted by molar-refractivity contribution is 0.449. The molecule has 2 aromatic carbocycles. The molecule has 0 fully saturated rings. The summed E-state index contributed by atoms with van der Waals surface area (Å²) in [4.78, 5) is -0.469. The first kappa shape index (κ1) is 16.8. The summed E-state index contributed by atoms with van der Waals surface area (Å²) in [5.41, 5.74) is 0.862. The molecule has 23 heavy (non-hydrogen) atoms. The van der Waals surface area contributed by atoms with Gasteiger partial charge in [-0.05, 0) is 31.0 Å². The van der Waals surface area contributed by atoms with Crippen LogP contribution in [-0.2, 0) is 16.3 Å². The normalized spacial score (nSPS) is 11.7. The van der Waals surface area contributed by atoms with E-state index in [9.17, 15) is 18.6 Å². The summed E-state index contributed by atoms with van der Waals surface area (Å²) in [6.45, 7) is 5.35. The summed E-state index contributed by atoms with van der Waals surface area (Å²) in [7, 11) is -4.05. The molecular formula is C18H18O4S. The van der Waals surface area contributed by atoms with Gasteiger partial charge in [0.25, 0.3) is 0 Å². The Hall–Kier alpha value is -2.53. The summed E-state index contributed by atoms with van der Waals surface area (Å²) in [5, 5.41) is 20.5. The van der Waals surface area contributed by atoms with Crippen molar-refractivity contribution >= 4 is 15.9 Å². The van der Waals surface area contributed by atoms with E-state index in [1.54, 1.807) is 49.4 Å². The average molecular weight is 330 g/mol. The monoisotopic (exact) mass is 330 g/mol. The van der Waals surface area contributed by atoms with Gasteiger partial charge in [-0.2, -0.15) is 0 Å². The minimum atomic E-state index is -4.05. The topological polar surface area (TPSA) is 74.6 Å². The van der Waals surface area contributed by atoms with Crippen molar-refractivity contribution in [3.8, 4) is 11.5 Å². The minimum Gasteiger partial charge on any atom is -0.506 e. The van der Waals surface area contributed by atoms with Crippen molar-refractivity contribution in [3.63, 3.8) is 0 Å². The highest BCUT2D eigenvalue weighted by molar-refractivity contribution is 7.91. The van der Waals surface area contributed by atoms with Crippen LogP contribution in [0.1, 0.15) is 18.1 Å². The molecule has 0 aliphatic carbocycles. The zero-order valence-electron chi connectivity index (χ0n) is 12.7. The number of allylic oxidation sites excluding steroid dienone is 2. The number of hydrogen-bond donors (Lipinski definition) is 2. The average Bonchev–Trinajstić information content (AvgIpc) is 2.51. The molecule has 2 rings (SSSR count). The van der Waals surface area contributed by atoms with Gasteiger partial charge in [0.05, 0.1) is 0 Å². The standard InChI is InChI=1S/C18H18O4S/c1-3-7-13-9-5-11-15(17(13)19)23(21,22)16-12-6-10-14(8-4-2)18(16)20/h3-6,8-12,19-20H,1,7H2,2H3. The Labute approximate surface area is 136 Å². The maximum Gasteiger partial charge on any atom is 0.213 e. The Bertz CT molecular complexity index is 865. The first-order chi connectivity index (χ1) is 10.9. The maximum atomic E-state index is 12.8. The second-order valence-corrected chi connectivity index (χ2v) is 6.84. The molecule has 120 valence electrons. The summed E-state index contributed by atoms with van der Waals surface area (Å²) in [6, 6.07) is 8.98. The van der Waals surface area contributed by atoms with Crippen LogP contribution in [0.25, 0.3) is 6.08 Å². The number of phenolic OH excluding ortho intramolecular Hbond substituents is 2. The fraction of sp³-hybridized carbons (Fsp3) is 0.111. The van der Waals surface area contributed by atoms with E-state index in [1.165, 1.54) is 12.1 Å².